The molecule has 1 amide bonds. The molecule has 1 heterocycles. The first kappa shape index (κ1) is 14.0. The zero-order valence-corrected chi connectivity index (χ0v) is 12.1. The van der Waals surface area contributed by atoms with Crippen LogP contribution in [0.4, 0.5) is 5.13 Å². The monoisotopic (exact) mass is 296 g/mol. The Kier molecular flexibility index (Phi) is 4.52. The van der Waals surface area contributed by atoms with Crippen molar-refractivity contribution >= 4 is 34.0 Å². The molecule has 0 fully saturated rings. The molecule has 0 spiro atoms. The summed E-state index contributed by atoms with van der Waals surface area (Å²) in [6.07, 6.45) is 0. The average molecular weight is 297 g/mol. The lowest BCUT2D eigenvalue weighted by Crippen LogP contribution is -2.16. The van der Waals surface area contributed by atoms with E-state index in [1.165, 1.54) is 18.4 Å². The fourth-order valence-electron chi connectivity index (χ4n) is 1.61. The van der Waals surface area contributed by atoms with Crippen LogP contribution in [0.25, 0.3) is 11.3 Å². The smallest absolute Gasteiger partial charge is 0.252 e. The first-order valence-electron chi connectivity index (χ1n) is 5.62. The molecule has 0 radical (unpaired) electrons. The third kappa shape index (κ3) is 3.53. The largest absolute Gasteiger partial charge is 0.375 e. The van der Waals surface area contributed by atoms with Gasteiger partial charge in [0.25, 0.3) is 5.91 Å². The molecule has 19 heavy (non-hydrogen) atoms. The number of anilines is 1. The summed E-state index contributed by atoms with van der Waals surface area (Å²) in [6.45, 7) is 1.99. The topological polar surface area (TPSA) is 51.2 Å². The summed E-state index contributed by atoms with van der Waals surface area (Å²) in [4.78, 5) is 16.9. The molecule has 100 valence electrons. The van der Waals surface area contributed by atoms with Gasteiger partial charge >= 0.3 is 0 Å². The summed E-state index contributed by atoms with van der Waals surface area (Å²) in [6, 6.07) is 7.45. The van der Waals surface area contributed by atoms with Crippen LogP contribution >= 0.6 is 22.9 Å². The van der Waals surface area contributed by atoms with Crippen molar-refractivity contribution in [3.05, 3.63) is 34.2 Å². The molecule has 1 aromatic carbocycles. The molecule has 2 aromatic rings. The van der Waals surface area contributed by atoms with Crippen molar-refractivity contribution in [2.24, 2.45) is 0 Å². The van der Waals surface area contributed by atoms with Crippen LogP contribution in [0.1, 0.15) is 4.88 Å². The number of amides is 1. The molecule has 1 aromatic heterocycles. The zero-order valence-electron chi connectivity index (χ0n) is 10.6. The summed E-state index contributed by atoms with van der Waals surface area (Å²) < 4.78 is 4.76. The number of carbonyl (C=O) groups is 1. The molecule has 0 saturated heterocycles. The number of hydrogen-bond acceptors (Lipinski definition) is 4. The van der Waals surface area contributed by atoms with Crippen LogP contribution in [0.3, 0.4) is 0 Å². The number of aryl methyl sites for hydroxylation is 1. The zero-order chi connectivity index (χ0) is 13.8. The van der Waals surface area contributed by atoms with Gasteiger partial charge in [-0.05, 0) is 19.1 Å². The molecule has 1 N–H and O–H groups in total. The second-order valence-corrected chi connectivity index (χ2v) is 5.55. The highest BCUT2D eigenvalue weighted by Crippen LogP contribution is 2.30. The molecule has 0 bridgehead atoms. The van der Waals surface area contributed by atoms with Crippen molar-refractivity contribution in [2.75, 3.05) is 19.0 Å². The van der Waals surface area contributed by atoms with Gasteiger partial charge in [0, 0.05) is 22.6 Å². The number of halogens is 1. The number of aromatic nitrogens is 1. The second-order valence-electron chi connectivity index (χ2n) is 3.91. The number of nitrogens with one attached hydrogen (secondary N) is 1. The fourth-order valence-corrected chi connectivity index (χ4v) is 2.59. The van der Waals surface area contributed by atoms with Crippen LogP contribution in [-0.4, -0.2) is 24.6 Å². The number of hydrogen-bond donors (Lipinski definition) is 1. The maximum absolute atomic E-state index is 11.4. The summed E-state index contributed by atoms with van der Waals surface area (Å²) in [5, 5.41) is 3.96. The standard InChI is InChI=1S/C13H13ClN2O2S/c1-8-12(9-3-5-10(14)6-4-9)16-13(19-8)15-11(17)7-18-2/h3-6H,7H2,1-2H3,(H,15,16,17). The van der Waals surface area contributed by atoms with Gasteiger partial charge in [0.15, 0.2) is 5.13 Å². The Bertz CT molecular complexity index is 581. The van der Waals surface area contributed by atoms with Crippen molar-refractivity contribution < 1.29 is 9.53 Å². The molecular weight excluding hydrogens is 284 g/mol. The van der Waals surface area contributed by atoms with Crippen molar-refractivity contribution in [1.29, 1.82) is 0 Å². The van der Waals surface area contributed by atoms with Crippen molar-refractivity contribution in [1.82, 2.24) is 4.98 Å². The van der Waals surface area contributed by atoms with E-state index in [4.69, 9.17) is 16.3 Å². The Morgan fingerprint density at radius 1 is 1.42 bits per heavy atom. The van der Waals surface area contributed by atoms with Gasteiger partial charge in [-0.15, -0.1) is 11.3 Å². The van der Waals surface area contributed by atoms with Crippen molar-refractivity contribution in [3.63, 3.8) is 0 Å². The van der Waals surface area contributed by atoms with E-state index in [2.05, 4.69) is 10.3 Å². The second kappa shape index (κ2) is 6.14. The third-order valence-corrected chi connectivity index (χ3v) is 3.57. The lowest BCUT2D eigenvalue weighted by Gasteiger charge is -1.99. The van der Waals surface area contributed by atoms with Gasteiger partial charge in [0.1, 0.15) is 6.61 Å². The quantitative estimate of drug-likeness (QED) is 0.941. The summed E-state index contributed by atoms with van der Waals surface area (Å²) >= 11 is 7.30. The number of ether oxygens (including phenoxy) is 1. The fraction of sp³-hybridized carbons (Fsp3) is 0.231. The van der Waals surface area contributed by atoms with Gasteiger partial charge < -0.3 is 4.74 Å². The molecule has 0 unspecified atom stereocenters. The van der Waals surface area contributed by atoms with Crippen LogP contribution in [0.15, 0.2) is 24.3 Å². The van der Waals surface area contributed by atoms with Gasteiger partial charge in [-0.25, -0.2) is 4.98 Å². The number of nitrogens with zero attached hydrogens (tertiary/aromatic N) is 1. The predicted octanol–water partition coefficient (Wildman–Crippen LogP) is 3.36. The highest BCUT2D eigenvalue weighted by molar-refractivity contribution is 7.16. The molecule has 4 nitrogen and oxygen atoms in total. The van der Waals surface area contributed by atoms with Gasteiger partial charge in [-0.1, -0.05) is 23.7 Å². The van der Waals surface area contributed by atoms with Gasteiger partial charge in [0.05, 0.1) is 5.69 Å². The van der Waals surface area contributed by atoms with Crippen LogP contribution in [0.2, 0.25) is 5.02 Å². The van der Waals surface area contributed by atoms with E-state index in [1.54, 1.807) is 0 Å². The van der Waals surface area contributed by atoms with Crippen molar-refractivity contribution in [2.45, 2.75) is 6.92 Å². The van der Waals surface area contributed by atoms with Gasteiger partial charge in [0.2, 0.25) is 0 Å². The van der Waals surface area contributed by atoms with E-state index in [9.17, 15) is 4.79 Å². The molecular formula is C13H13ClN2O2S. The van der Waals surface area contributed by atoms with E-state index in [0.29, 0.717) is 10.2 Å². The SMILES string of the molecule is COCC(=O)Nc1nc(-c2ccc(Cl)cc2)c(C)s1. The summed E-state index contributed by atoms with van der Waals surface area (Å²) in [5.74, 6) is -0.209. The predicted molar refractivity (Wildman–Crippen MR) is 77.8 cm³/mol. The van der Waals surface area contributed by atoms with Crippen molar-refractivity contribution in [3.8, 4) is 11.3 Å². The molecule has 0 aliphatic carbocycles. The number of thiazole rings is 1. The van der Waals surface area contributed by atoms with E-state index in [-0.39, 0.29) is 12.5 Å². The minimum atomic E-state index is -0.209. The summed E-state index contributed by atoms with van der Waals surface area (Å²) in [7, 11) is 1.48. The molecule has 0 saturated carbocycles. The maximum atomic E-state index is 11.4. The molecule has 0 atom stereocenters. The number of rotatable bonds is 4. The number of methoxy groups -OCH3 is 1. The van der Waals surface area contributed by atoms with Gasteiger partial charge in [-0.2, -0.15) is 0 Å². The van der Waals surface area contributed by atoms with E-state index < -0.39 is 0 Å². The Morgan fingerprint density at radius 3 is 2.74 bits per heavy atom. The Morgan fingerprint density at radius 2 is 2.11 bits per heavy atom. The van der Waals surface area contributed by atoms with E-state index in [0.717, 1.165) is 16.1 Å². The lowest BCUT2D eigenvalue weighted by molar-refractivity contribution is -0.119. The Hall–Kier alpha value is -1.43. The maximum Gasteiger partial charge on any atom is 0.252 e. The molecule has 0 aliphatic heterocycles. The molecule has 0 aliphatic rings. The number of carbonyl (C=O) groups excluding carboxylic acids is 1. The summed E-state index contributed by atoms with van der Waals surface area (Å²) in [5.41, 5.74) is 1.83. The minimum absolute atomic E-state index is 0.0227. The van der Waals surface area contributed by atoms with E-state index in [1.807, 2.05) is 31.2 Å². The highest BCUT2D eigenvalue weighted by atomic mass is 35.5. The Labute approximate surface area is 120 Å². The molecule has 6 heteroatoms. The minimum Gasteiger partial charge on any atom is -0.375 e. The lowest BCUT2D eigenvalue weighted by atomic mass is 10.1. The molecule has 2 rings (SSSR count). The number of benzene rings is 1. The van der Waals surface area contributed by atoms with Crippen LogP contribution in [0.5, 0.6) is 0 Å². The van der Waals surface area contributed by atoms with Crippen LogP contribution in [0, 0.1) is 6.92 Å². The Balaban J connectivity index is 2.21. The van der Waals surface area contributed by atoms with E-state index >= 15 is 0 Å². The van der Waals surface area contributed by atoms with Gasteiger partial charge in [-0.3, -0.25) is 10.1 Å². The highest BCUT2D eigenvalue weighted by Gasteiger charge is 2.11. The average Bonchev–Trinajstić information content (AvgIpc) is 2.71. The first-order valence-corrected chi connectivity index (χ1v) is 6.81. The first-order chi connectivity index (χ1) is 9.10. The normalized spacial score (nSPS) is 10.5. The third-order valence-electron chi connectivity index (χ3n) is 2.44. The van der Waals surface area contributed by atoms with Crippen LogP contribution < -0.4 is 5.32 Å². The van der Waals surface area contributed by atoms with Crippen LogP contribution in [-0.2, 0) is 9.53 Å².